The van der Waals surface area contributed by atoms with Crippen LogP contribution in [0.3, 0.4) is 0 Å². The van der Waals surface area contributed by atoms with Crippen molar-refractivity contribution in [2.24, 2.45) is 5.92 Å². The van der Waals surface area contributed by atoms with Gasteiger partial charge in [-0.25, -0.2) is 0 Å². The molecule has 1 atom stereocenters. The molecule has 0 saturated heterocycles. The molecule has 112 valence electrons. The Morgan fingerprint density at radius 2 is 2.05 bits per heavy atom. The predicted octanol–water partition coefficient (Wildman–Crippen LogP) is 3.00. The van der Waals surface area contributed by atoms with Crippen molar-refractivity contribution in [1.82, 2.24) is 0 Å². The molecule has 0 amide bonds. The molecular formula is C15H15BrO5. The first-order valence-corrected chi connectivity index (χ1v) is 7.70. The van der Waals surface area contributed by atoms with E-state index in [0.29, 0.717) is 40.7 Å². The maximum Gasteiger partial charge on any atom is 0.303 e. The van der Waals surface area contributed by atoms with Crippen molar-refractivity contribution in [2.75, 3.05) is 13.2 Å². The number of carbonyl (C=O) groups is 2. The second kappa shape index (κ2) is 5.67. The zero-order valence-corrected chi connectivity index (χ0v) is 12.9. The molecular weight excluding hydrogens is 340 g/mol. The lowest BCUT2D eigenvalue weighted by atomic mass is 9.89. The van der Waals surface area contributed by atoms with E-state index in [4.69, 9.17) is 9.47 Å². The number of rotatable bonds is 5. The van der Waals surface area contributed by atoms with Gasteiger partial charge in [0.1, 0.15) is 13.2 Å². The Morgan fingerprint density at radius 3 is 2.62 bits per heavy atom. The smallest absolute Gasteiger partial charge is 0.303 e. The second-order valence-electron chi connectivity index (χ2n) is 5.38. The largest absolute Gasteiger partial charge is 0.486 e. The summed E-state index contributed by atoms with van der Waals surface area (Å²) >= 11 is 3.47. The summed E-state index contributed by atoms with van der Waals surface area (Å²) in [5.41, 5.74) is 1.24. The van der Waals surface area contributed by atoms with E-state index in [1.165, 1.54) is 0 Å². The number of carbonyl (C=O) groups excluding carboxylic acids is 1. The highest BCUT2D eigenvalue weighted by molar-refractivity contribution is 9.10. The fraction of sp³-hybridized carbons (Fsp3) is 0.467. The summed E-state index contributed by atoms with van der Waals surface area (Å²) < 4.78 is 12.0. The van der Waals surface area contributed by atoms with Crippen LogP contribution in [0.5, 0.6) is 11.5 Å². The van der Waals surface area contributed by atoms with Crippen LogP contribution in [0.2, 0.25) is 0 Å². The summed E-state index contributed by atoms with van der Waals surface area (Å²) in [7, 11) is 0. The molecule has 1 heterocycles. The molecule has 0 aromatic heterocycles. The van der Waals surface area contributed by atoms with Crippen molar-refractivity contribution in [3.63, 3.8) is 0 Å². The van der Waals surface area contributed by atoms with Gasteiger partial charge < -0.3 is 14.6 Å². The average Bonchev–Trinajstić information content (AvgIpc) is 3.29. The minimum Gasteiger partial charge on any atom is -0.486 e. The van der Waals surface area contributed by atoms with Crippen molar-refractivity contribution in [3.05, 3.63) is 21.7 Å². The lowest BCUT2D eigenvalue weighted by Gasteiger charge is -2.27. The number of aldehydes is 1. The number of benzene rings is 1. The van der Waals surface area contributed by atoms with Gasteiger partial charge in [0.2, 0.25) is 0 Å². The third-order valence-corrected chi connectivity index (χ3v) is 4.57. The Labute approximate surface area is 130 Å². The van der Waals surface area contributed by atoms with Crippen molar-refractivity contribution < 1.29 is 24.2 Å². The van der Waals surface area contributed by atoms with Crippen molar-refractivity contribution in [1.29, 1.82) is 0 Å². The Hall–Kier alpha value is -1.56. The minimum atomic E-state index is -0.830. The maximum absolute atomic E-state index is 11.2. The molecule has 2 aliphatic rings. The monoisotopic (exact) mass is 354 g/mol. The van der Waals surface area contributed by atoms with Crippen LogP contribution in [0.1, 0.15) is 41.1 Å². The molecule has 1 aromatic carbocycles. The zero-order chi connectivity index (χ0) is 15.0. The molecule has 1 aromatic rings. The van der Waals surface area contributed by atoms with Crippen molar-refractivity contribution >= 4 is 28.2 Å². The summed E-state index contributed by atoms with van der Waals surface area (Å²) in [6.45, 7) is 0.793. The predicted molar refractivity (Wildman–Crippen MR) is 78.2 cm³/mol. The summed E-state index contributed by atoms with van der Waals surface area (Å²) in [5.74, 6) is 0.368. The van der Waals surface area contributed by atoms with Crippen LogP contribution < -0.4 is 9.47 Å². The average molecular weight is 355 g/mol. The number of ether oxygens (including phenoxy) is 2. The molecule has 1 aliphatic heterocycles. The summed E-state index contributed by atoms with van der Waals surface area (Å²) in [4.78, 5) is 22.4. The maximum atomic E-state index is 11.2. The van der Waals surface area contributed by atoms with E-state index in [0.717, 1.165) is 24.7 Å². The topological polar surface area (TPSA) is 72.8 Å². The van der Waals surface area contributed by atoms with Gasteiger partial charge in [0.05, 0.1) is 12.0 Å². The van der Waals surface area contributed by atoms with Crippen molar-refractivity contribution in [3.8, 4) is 11.5 Å². The fourth-order valence-corrected chi connectivity index (χ4v) is 3.57. The number of carboxylic acid groups (broad SMARTS) is 1. The van der Waals surface area contributed by atoms with E-state index in [1.54, 1.807) is 6.07 Å². The number of halogens is 1. The lowest BCUT2D eigenvalue weighted by molar-refractivity contribution is -0.137. The molecule has 6 heteroatoms. The van der Waals surface area contributed by atoms with Gasteiger partial charge in [0, 0.05) is 16.0 Å². The van der Waals surface area contributed by atoms with Crippen LogP contribution >= 0.6 is 15.9 Å². The van der Waals surface area contributed by atoms with Crippen LogP contribution in [0.25, 0.3) is 0 Å². The van der Waals surface area contributed by atoms with Crippen molar-refractivity contribution in [2.45, 2.75) is 25.2 Å². The molecule has 0 bridgehead atoms. The Morgan fingerprint density at radius 1 is 1.38 bits per heavy atom. The summed E-state index contributed by atoms with van der Waals surface area (Å²) in [6, 6.07) is 1.69. The van der Waals surface area contributed by atoms with Gasteiger partial charge in [-0.15, -0.1) is 0 Å². The molecule has 0 radical (unpaired) electrons. The first kappa shape index (κ1) is 14.4. The number of aliphatic carboxylic acids is 1. The molecule has 5 nitrogen and oxygen atoms in total. The van der Waals surface area contributed by atoms with Gasteiger partial charge in [-0.1, -0.05) is 15.9 Å². The molecule has 1 saturated carbocycles. The zero-order valence-electron chi connectivity index (χ0n) is 11.3. The van der Waals surface area contributed by atoms with Gasteiger partial charge in [0.15, 0.2) is 17.8 Å². The quantitative estimate of drug-likeness (QED) is 0.822. The SMILES string of the molecule is O=Cc1cc(Br)c(C(CC(=O)O)C2CC2)c2c1OCCO2. The molecule has 1 unspecified atom stereocenters. The van der Waals surface area contributed by atoms with Gasteiger partial charge in [-0.05, 0) is 24.8 Å². The molecule has 1 fully saturated rings. The second-order valence-corrected chi connectivity index (χ2v) is 6.23. The summed E-state index contributed by atoms with van der Waals surface area (Å²) in [5, 5.41) is 9.17. The summed E-state index contributed by atoms with van der Waals surface area (Å²) in [6.07, 6.45) is 2.83. The first-order valence-electron chi connectivity index (χ1n) is 6.90. The highest BCUT2D eigenvalue weighted by atomic mass is 79.9. The Kier molecular flexibility index (Phi) is 3.89. The van der Waals surface area contributed by atoms with E-state index in [1.807, 2.05) is 0 Å². The molecule has 0 spiro atoms. The number of hydrogen-bond donors (Lipinski definition) is 1. The molecule has 3 rings (SSSR count). The van der Waals surface area contributed by atoms with Crippen LogP contribution in [0, 0.1) is 5.92 Å². The van der Waals surface area contributed by atoms with Gasteiger partial charge in [-0.3, -0.25) is 9.59 Å². The fourth-order valence-electron chi connectivity index (χ4n) is 2.85. The van der Waals surface area contributed by atoms with Crippen LogP contribution in [0.4, 0.5) is 0 Å². The minimum absolute atomic E-state index is 0.0551. The van der Waals surface area contributed by atoms with E-state index in [9.17, 15) is 14.7 Å². The highest BCUT2D eigenvalue weighted by Crippen LogP contribution is 2.52. The third-order valence-electron chi connectivity index (χ3n) is 3.91. The van der Waals surface area contributed by atoms with Crippen LogP contribution in [0.15, 0.2) is 10.5 Å². The van der Waals surface area contributed by atoms with E-state index < -0.39 is 5.97 Å². The molecule has 1 aliphatic carbocycles. The van der Waals surface area contributed by atoms with E-state index >= 15 is 0 Å². The van der Waals surface area contributed by atoms with E-state index in [2.05, 4.69) is 15.9 Å². The molecule has 21 heavy (non-hydrogen) atoms. The number of fused-ring (bicyclic) bond motifs is 1. The van der Waals surface area contributed by atoms with E-state index in [-0.39, 0.29) is 12.3 Å². The number of carboxylic acids is 1. The standard InChI is InChI=1S/C15H15BrO5/c16-11-5-9(7-17)14-15(21-4-3-20-14)13(11)10(6-12(18)19)8-1-2-8/h5,7-8,10H,1-4,6H2,(H,18,19). The van der Waals surface area contributed by atoms with Gasteiger partial charge in [-0.2, -0.15) is 0 Å². The normalized spacial score (nSPS) is 18.1. The molecule has 1 N–H and O–H groups in total. The van der Waals surface area contributed by atoms with Gasteiger partial charge >= 0.3 is 5.97 Å². The number of hydrogen-bond acceptors (Lipinski definition) is 4. The third kappa shape index (κ3) is 2.77. The highest BCUT2D eigenvalue weighted by Gasteiger charge is 2.38. The van der Waals surface area contributed by atoms with Crippen LogP contribution in [-0.4, -0.2) is 30.6 Å². The Balaban J connectivity index is 2.11. The first-order chi connectivity index (χ1) is 10.1. The lowest BCUT2D eigenvalue weighted by Crippen LogP contribution is -2.20. The Bertz CT molecular complexity index is 594. The van der Waals surface area contributed by atoms with Gasteiger partial charge in [0.25, 0.3) is 0 Å². The van der Waals surface area contributed by atoms with Crippen LogP contribution in [-0.2, 0) is 4.79 Å².